The van der Waals surface area contributed by atoms with Crippen molar-refractivity contribution in [3.63, 3.8) is 0 Å². The third-order valence-corrected chi connectivity index (χ3v) is 4.95. The second kappa shape index (κ2) is 7.90. The van der Waals surface area contributed by atoms with Crippen molar-refractivity contribution in [2.75, 3.05) is 47.2 Å². The first-order valence-electron chi connectivity index (χ1n) is 7.90. The smallest absolute Gasteiger partial charge is 0.294 e. The highest BCUT2D eigenvalue weighted by atomic mass is 32.2. The monoisotopic (exact) mass is 364 g/mol. The molecule has 2 aliphatic heterocycles. The standard InChI is InChI=1S/C17H20N2O5S/c1-22-13-3-4-14(23-2)12(9-13)10-15-16(20)19(17(21)25-15)11-18-5-7-24-8-6-18/h3-4,9-10H,5-8,11H2,1-2H3. The Labute approximate surface area is 150 Å². The number of amides is 2. The van der Waals surface area contributed by atoms with E-state index in [9.17, 15) is 9.59 Å². The van der Waals surface area contributed by atoms with Crippen LogP contribution in [0.25, 0.3) is 6.08 Å². The number of morpholine rings is 1. The van der Waals surface area contributed by atoms with Gasteiger partial charge in [0.15, 0.2) is 0 Å². The van der Waals surface area contributed by atoms with Crippen LogP contribution in [0.3, 0.4) is 0 Å². The second-order valence-electron chi connectivity index (χ2n) is 5.59. The lowest BCUT2D eigenvalue weighted by Crippen LogP contribution is -2.45. The number of methoxy groups -OCH3 is 2. The number of benzene rings is 1. The fraction of sp³-hybridized carbons (Fsp3) is 0.412. The van der Waals surface area contributed by atoms with Gasteiger partial charge in [0.25, 0.3) is 11.1 Å². The summed E-state index contributed by atoms with van der Waals surface area (Å²) in [6.45, 7) is 2.95. The van der Waals surface area contributed by atoms with Crippen LogP contribution in [-0.4, -0.2) is 68.1 Å². The lowest BCUT2D eigenvalue weighted by atomic mass is 10.1. The highest BCUT2D eigenvalue weighted by Crippen LogP contribution is 2.35. The normalized spacial score (nSPS) is 20.4. The summed E-state index contributed by atoms with van der Waals surface area (Å²) in [6, 6.07) is 5.32. The minimum Gasteiger partial charge on any atom is -0.497 e. The van der Waals surface area contributed by atoms with Crippen molar-refractivity contribution in [2.24, 2.45) is 0 Å². The van der Waals surface area contributed by atoms with Gasteiger partial charge in [0.1, 0.15) is 11.5 Å². The summed E-state index contributed by atoms with van der Waals surface area (Å²) in [4.78, 5) is 28.6. The Kier molecular flexibility index (Phi) is 5.62. The van der Waals surface area contributed by atoms with E-state index >= 15 is 0 Å². The van der Waals surface area contributed by atoms with Gasteiger partial charge >= 0.3 is 0 Å². The molecule has 1 aromatic rings. The number of rotatable bonds is 5. The number of carbonyl (C=O) groups excluding carboxylic acids is 2. The van der Waals surface area contributed by atoms with Crippen molar-refractivity contribution < 1.29 is 23.8 Å². The summed E-state index contributed by atoms with van der Waals surface area (Å²) in [5.41, 5.74) is 0.693. The van der Waals surface area contributed by atoms with Gasteiger partial charge in [0, 0.05) is 18.7 Å². The van der Waals surface area contributed by atoms with Crippen LogP contribution in [0.1, 0.15) is 5.56 Å². The second-order valence-corrected chi connectivity index (χ2v) is 6.58. The van der Waals surface area contributed by atoms with E-state index in [1.54, 1.807) is 38.5 Å². The van der Waals surface area contributed by atoms with Crippen molar-refractivity contribution in [3.8, 4) is 11.5 Å². The van der Waals surface area contributed by atoms with E-state index in [0.717, 1.165) is 11.8 Å². The van der Waals surface area contributed by atoms with E-state index in [1.165, 1.54) is 4.90 Å². The first-order chi connectivity index (χ1) is 12.1. The molecule has 0 spiro atoms. The maximum absolute atomic E-state index is 12.6. The predicted octanol–water partition coefficient (Wildman–Crippen LogP) is 2.03. The Bertz CT molecular complexity index is 700. The Balaban J connectivity index is 1.80. The molecular weight excluding hydrogens is 344 g/mol. The van der Waals surface area contributed by atoms with Crippen molar-refractivity contribution in [1.29, 1.82) is 0 Å². The maximum atomic E-state index is 12.6. The maximum Gasteiger partial charge on any atom is 0.294 e. The highest BCUT2D eigenvalue weighted by Gasteiger charge is 2.36. The number of hydrogen-bond donors (Lipinski definition) is 0. The fourth-order valence-electron chi connectivity index (χ4n) is 2.66. The zero-order valence-electron chi connectivity index (χ0n) is 14.2. The van der Waals surface area contributed by atoms with Crippen LogP contribution in [0.15, 0.2) is 23.1 Å². The summed E-state index contributed by atoms with van der Waals surface area (Å²) < 4.78 is 15.8. The van der Waals surface area contributed by atoms with Gasteiger partial charge in [0.2, 0.25) is 0 Å². The molecule has 25 heavy (non-hydrogen) atoms. The highest BCUT2D eigenvalue weighted by molar-refractivity contribution is 8.18. The molecule has 0 saturated carbocycles. The van der Waals surface area contributed by atoms with E-state index in [2.05, 4.69) is 0 Å². The van der Waals surface area contributed by atoms with Crippen LogP contribution in [-0.2, 0) is 9.53 Å². The van der Waals surface area contributed by atoms with Crippen LogP contribution in [0.2, 0.25) is 0 Å². The van der Waals surface area contributed by atoms with E-state index < -0.39 is 0 Å². The van der Waals surface area contributed by atoms with Crippen molar-refractivity contribution in [1.82, 2.24) is 9.80 Å². The molecule has 0 aromatic heterocycles. The Morgan fingerprint density at radius 2 is 1.96 bits per heavy atom. The van der Waals surface area contributed by atoms with Gasteiger partial charge in [0.05, 0.1) is 39.0 Å². The lowest BCUT2D eigenvalue weighted by molar-refractivity contribution is -0.125. The summed E-state index contributed by atoms with van der Waals surface area (Å²) in [5.74, 6) is 0.978. The van der Waals surface area contributed by atoms with E-state index in [0.29, 0.717) is 54.9 Å². The molecule has 0 unspecified atom stereocenters. The van der Waals surface area contributed by atoms with Gasteiger partial charge in [-0.3, -0.25) is 19.4 Å². The van der Waals surface area contributed by atoms with Crippen LogP contribution < -0.4 is 9.47 Å². The van der Waals surface area contributed by atoms with Crippen LogP contribution in [0.4, 0.5) is 4.79 Å². The molecule has 134 valence electrons. The quantitative estimate of drug-likeness (QED) is 0.741. The van der Waals surface area contributed by atoms with E-state index in [-0.39, 0.29) is 11.1 Å². The summed E-state index contributed by atoms with van der Waals surface area (Å²) in [6.07, 6.45) is 1.67. The summed E-state index contributed by atoms with van der Waals surface area (Å²) in [7, 11) is 3.13. The number of nitrogens with zero attached hydrogens (tertiary/aromatic N) is 2. The molecule has 0 aliphatic carbocycles. The Hall–Kier alpha value is -2.03. The fourth-order valence-corrected chi connectivity index (χ4v) is 3.48. The molecule has 0 atom stereocenters. The number of thioether (sulfide) groups is 1. The number of imide groups is 1. The summed E-state index contributed by atoms with van der Waals surface area (Å²) in [5, 5.41) is -0.260. The van der Waals surface area contributed by atoms with E-state index in [1.807, 2.05) is 4.90 Å². The van der Waals surface area contributed by atoms with Gasteiger partial charge in [-0.05, 0) is 36.0 Å². The minimum absolute atomic E-state index is 0.260. The number of carbonyl (C=O) groups is 2. The molecule has 1 aromatic carbocycles. The zero-order valence-corrected chi connectivity index (χ0v) is 15.0. The molecule has 8 heteroatoms. The molecule has 7 nitrogen and oxygen atoms in total. The third kappa shape index (κ3) is 3.97. The molecule has 0 radical (unpaired) electrons. The van der Waals surface area contributed by atoms with Crippen molar-refractivity contribution >= 4 is 29.0 Å². The van der Waals surface area contributed by atoms with Gasteiger partial charge < -0.3 is 14.2 Å². The van der Waals surface area contributed by atoms with Crippen molar-refractivity contribution in [2.45, 2.75) is 0 Å². The first-order valence-corrected chi connectivity index (χ1v) is 8.71. The average molecular weight is 364 g/mol. The number of hydrogen-bond acceptors (Lipinski definition) is 7. The molecule has 2 heterocycles. The molecular formula is C17H20N2O5S. The first kappa shape index (κ1) is 17.8. The van der Waals surface area contributed by atoms with Gasteiger partial charge in [-0.15, -0.1) is 0 Å². The molecule has 3 rings (SSSR count). The Morgan fingerprint density at radius 3 is 2.64 bits per heavy atom. The van der Waals surface area contributed by atoms with Crippen LogP contribution in [0, 0.1) is 0 Å². The van der Waals surface area contributed by atoms with Crippen LogP contribution >= 0.6 is 11.8 Å². The van der Waals surface area contributed by atoms with Crippen molar-refractivity contribution in [3.05, 3.63) is 28.7 Å². The predicted molar refractivity (Wildman–Crippen MR) is 94.6 cm³/mol. The topological polar surface area (TPSA) is 68.3 Å². The largest absolute Gasteiger partial charge is 0.497 e. The molecule has 2 fully saturated rings. The van der Waals surface area contributed by atoms with E-state index in [4.69, 9.17) is 14.2 Å². The third-order valence-electron chi connectivity index (χ3n) is 4.04. The molecule has 2 amide bonds. The average Bonchev–Trinajstić information content (AvgIpc) is 2.90. The zero-order chi connectivity index (χ0) is 17.8. The van der Waals surface area contributed by atoms with Gasteiger partial charge in [-0.1, -0.05) is 0 Å². The minimum atomic E-state index is -0.286. The van der Waals surface area contributed by atoms with Crippen LogP contribution in [0.5, 0.6) is 11.5 Å². The van der Waals surface area contributed by atoms with Gasteiger partial charge in [-0.2, -0.15) is 0 Å². The SMILES string of the molecule is COc1ccc(OC)c(C=C2SC(=O)N(CN3CCOCC3)C2=O)c1. The summed E-state index contributed by atoms with van der Waals surface area (Å²) >= 11 is 0.942. The molecule has 0 N–H and O–H groups in total. The Morgan fingerprint density at radius 1 is 1.20 bits per heavy atom. The lowest BCUT2D eigenvalue weighted by Gasteiger charge is -2.29. The van der Waals surface area contributed by atoms with Gasteiger partial charge in [-0.25, -0.2) is 0 Å². The molecule has 0 bridgehead atoms. The molecule has 2 saturated heterocycles. The number of ether oxygens (including phenoxy) is 3. The molecule has 2 aliphatic rings.